The quantitative estimate of drug-likeness (QED) is 0.836. The van der Waals surface area contributed by atoms with E-state index in [1.807, 2.05) is 0 Å². The number of piperidine rings is 1. The molecule has 1 saturated heterocycles. The number of hydrogen-bond acceptors (Lipinski definition) is 3. The number of nitrogens with one attached hydrogen (secondary N) is 1. The summed E-state index contributed by atoms with van der Waals surface area (Å²) in [5.41, 5.74) is 2.60. The third-order valence-corrected chi connectivity index (χ3v) is 3.93. The zero-order valence-electron chi connectivity index (χ0n) is 12.4. The molecule has 1 N–H and O–H groups in total. The average Bonchev–Trinajstić information content (AvgIpc) is 2.48. The molecule has 1 aliphatic rings. The van der Waals surface area contributed by atoms with Crippen LogP contribution in [0.2, 0.25) is 0 Å². The minimum Gasteiger partial charge on any atom is -0.383 e. The highest BCUT2D eigenvalue weighted by Crippen LogP contribution is 2.25. The van der Waals surface area contributed by atoms with Gasteiger partial charge < -0.3 is 15.0 Å². The number of amides is 1. The molecule has 1 fully saturated rings. The molecule has 0 saturated carbocycles. The van der Waals surface area contributed by atoms with E-state index in [1.165, 1.54) is 11.3 Å². The Morgan fingerprint density at radius 2 is 2.05 bits per heavy atom. The van der Waals surface area contributed by atoms with Gasteiger partial charge in [0.05, 0.1) is 6.61 Å². The molecule has 0 atom stereocenters. The lowest BCUT2D eigenvalue weighted by molar-refractivity contribution is -0.125. The van der Waals surface area contributed by atoms with Gasteiger partial charge in [0.15, 0.2) is 0 Å². The molecule has 0 aromatic heterocycles. The third-order valence-electron chi connectivity index (χ3n) is 3.93. The zero-order valence-corrected chi connectivity index (χ0v) is 12.4. The van der Waals surface area contributed by atoms with Crippen molar-refractivity contribution in [3.05, 3.63) is 29.8 Å². The number of anilines is 1. The monoisotopic (exact) mass is 276 g/mol. The summed E-state index contributed by atoms with van der Waals surface area (Å²) < 4.78 is 4.94. The van der Waals surface area contributed by atoms with Crippen molar-refractivity contribution in [3.8, 4) is 0 Å². The summed E-state index contributed by atoms with van der Waals surface area (Å²) in [5.74, 6) is 0.318. The summed E-state index contributed by atoms with van der Waals surface area (Å²) in [4.78, 5) is 14.4. The van der Waals surface area contributed by atoms with Gasteiger partial charge in [-0.1, -0.05) is 18.2 Å². The van der Waals surface area contributed by atoms with E-state index in [4.69, 9.17) is 4.74 Å². The molecule has 0 unspecified atom stereocenters. The smallest absolute Gasteiger partial charge is 0.223 e. The van der Waals surface area contributed by atoms with E-state index in [9.17, 15) is 4.79 Å². The van der Waals surface area contributed by atoms with Crippen molar-refractivity contribution < 1.29 is 9.53 Å². The number of benzene rings is 1. The standard InChI is InChI=1S/C16H24N2O2/c1-13-5-3-4-6-15(13)18-10-7-14(8-11-18)16(19)17-9-12-20-2/h3-6,14H,7-12H2,1-2H3,(H,17,19). The molecule has 20 heavy (non-hydrogen) atoms. The Morgan fingerprint density at radius 3 is 2.70 bits per heavy atom. The van der Waals surface area contributed by atoms with E-state index in [-0.39, 0.29) is 11.8 Å². The Morgan fingerprint density at radius 1 is 1.35 bits per heavy atom. The number of nitrogens with zero attached hydrogens (tertiary/aromatic N) is 1. The van der Waals surface area contributed by atoms with E-state index in [2.05, 4.69) is 41.4 Å². The predicted octanol–water partition coefficient (Wildman–Crippen LogP) is 1.97. The van der Waals surface area contributed by atoms with Gasteiger partial charge in [-0.05, 0) is 31.4 Å². The van der Waals surface area contributed by atoms with Crippen LogP contribution in [0.15, 0.2) is 24.3 Å². The van der Waals surface area contributed by atoms with Crippen molar-refractivity contribution in [1.29, 1.82) is 0 Å². The predicted molar refractivity (Wildman–Crippen MR) is 81.0 cm³/mol. The van der Waals surface area contributed by atoms with E-state index in [1.54, 1.807) is 7.11 Å². The van der Waals surface area contributed by atoms with Gasteiger partial charge in [-0.15, -0.1) is 0 Å². The lowest BCUT2D eigenvalue weighted by atomic mass is 9.95. The minimum absolute atomic E-state index is 0.145. The van der Waals surface area contributed by atoms with Crippen LogP contribution < -0.4 is 10.2 Å². The molecule has 110 valence electrons. The molecule has 0 aliphatic carbocycles. The Bertz CT molecular complexity index is 440. The van der Waals surface area contributed by atoms with E-state index >= 15 is 0 Å². The number of para-hydroxylation sites is 1. The second-order valence-corrected chi connectivity index (χ2v) is 5.33. The fourth-order valence-electron chi connectivity index (χ4n) is 2.72. The van der Waals surface area contributed by atoms with Gasteiger partial charge in [0.2, 0.25) is 5.91 Å². The number of carbonyl (C=O) groups is 1. The van der Waals surface area contributed by atoms with Crippen molar-refractivity contribution in [3.63, 3.8) is 0 Å². The fourth-order valence-corrected chi connectivity index (χ4v) is 2.72. The molecule has 4 heteroatoms. The van der Waals surface area contributed by atoms with Crippen molar-refractivity contribution in [1.82, 2.24) is 5.32 Å². The van der Waals surface area contributed by atoms with Crippen molar-refractivity contribution >= 4 is 11.6 Å². The normalized spacial score (nSPS) is 16.2. The van der Waals surface area contributed by atoms with Crippen LogP contribution in [0.5, 0.6) is 0 Å². The largest absolute Gasteiger partial charge is 0.383 e. The molecular formula is C16H24N2O2. The molecule has 1 aromatic carbocycles. The third kappa shape index (κ3) is 3.73. The lowest BCUT2D eigenvalue weighted by Gasteiger charge is -2.33. The highest BCUT2D eigenvalue weighted by Gasteiger charge is 2.25. The zero-order chi connectivity index (χ0) is 14.4. The first kappa shape index (κ1) is 14.9. The summed E-state index contributed by atoms with van der Waals surface area (Å²) in [6, 6.07) is 8.44. The highest BCUT2D eigenvalue weighted by atomic mass is 16.5. The maximum Gasteiger partial charge on any atom is 0.223 e. The fraction of sp³-hybridized carbons (Fsp3) is 0.562. The molecule has 1 aliphatic heterocycles. The van der Waals surface area contributed by atoms with Gasteiger partial charge in [0.1, 0.15) is 0 Å². The molecule has 4 nitrogen and oxygen atoms in total. The van der Waals surface area contributed by atoms with Crippen LogP contribution in [0.3, 0.4) is 0 Å². The summed E-state index contributed by atoms with van der Waals surface area (Å²) in [6.45, 7) is 5.22. The van der Waals surface area contributed by atoms with Gasteiger partial charge in [0.25, 0.3) is 0 Å². The lowest BCUT2D eigenvalue weighted by Crippen LogP contribution is -2.41. The Hall–Kier alpha value is -1.55. The summed E-state index contributed by atoms with van der Waals surface area (Å²) in [6.07, 6.45) is 1.85. The molecular weight excluding hydrogens is 252 g/mol. The first-order valence-corrected chi connectivity index (χ1v) is 7.29. The van der Waals surface area contributed by atoms with E-state index < -0.39 is 0 Å². The van der Waals surface area contributed by atoms with Gasteiger partial charge >= 0.3 is 0 Å². The van der Waals surface area contributed by atoms with Crippen LogP contribution in [0, 0.1) is 12.8 Å². The number of hydrogen-bond donors (Lipinski definition) is 1. The van der Waals surface area contributed by atoms with Crippen LogP contribution in [-0.4, -0.2) is 39.3 Å². The maximum atomic E-state index is 12.0. The summed E-state index contributed by atoms with van der Waals surface area (Å²) >= 11 is 0. The second kappa shape index (κ2) is 7.29. The molecule has 2 rings (SSSR count). The number of aryl methyl sites for hydroxylation is 1. The van der Waals surface area contributed by atoms with Crippen LogP contribution in [-0.2, 0) is 9.53 Å². The number of carbonyl (C=O) groups excluding carboxylic acids is 1. The van der Waals surface area contributed by atoms with Gasteiger partial charge in [0, 0.05) is 38.3 Å². The molecule has 0 radical (unpaired) electrons. The Kier molecular flexibility index (Phi) is 5.41. The van der Waals surface area contributed by atoms with Crippen molar-refractivity contribution in [2.45, 2.75) is 19.8 Å². The number of rotatable bonds is 5. The molecule has 1 aromatic rings. The van der Waals surface area contributed by atoms with Gasteiger partial charge in [-0.25, -0.2) is 0 Å². The average molecular weight is 276 g/mol. The molecule has 1 heterocycles. The van der Waals surface area contributed by atoms with Crippen molar-refractivity contribution in [2.75, 3.05) is 38.3 Å². The minimum atomic E-state index is 0.145. The molecule has 0 spiro atoms. The SMILES string of the molecule is COCCNC(=O)C1CCN(c2ccccc2C)CC1. The highest BCUT2D eigenvalue weighted by molar-refractivity contribution is 5.79. The molecule has 1 amide bonds. The second-order valence-electron chi connectivity index (χ2n) is 5.33. The van der Waals surface area contributed by atoms with Crippen LogP contribution in [0.1, 0.15) is 18.4 Å². The van der Waals surface area contributed by atoms with E-state index in [0.29, 0.717) is 13.2 Å². The Labute approximate surface area is 121 Å². The summed E-state index contributed by atoms with van der Waals surface area (Å²) in [7, 11) is 1.65. The van der Waals surface area contributed by atoms with E-state index in [0.717, 1.165) is 25.9 Å². The van der Waals surface area contributed by atoms with Gasteiger partial charge in [-0.3, -0.25) is 4.79 Å². The van der Waals surface area contributed by atoms with Crippen LogP contribution in [0.4, 0.5) is 5.69 Å². The first-order valence-electron chi connectivity index (χ1n) is 7.29. The first-order chi connectivity index (χ1) is 9.72. The van der Waals surface area contributed by atoms with Crippen LogP contribution in [0.25, 0.3) is 0 Å². The number of ether oxygens (including phenoxy) is 1. The van der Waals surface area contributed by atoms with Crippen molar-refractivity contribution in [2.24, 2.45) is 5.92 Å². The maximum absolute atomic E-state index is 12.0. The Balaban J connectivity index is 1.83. The van der Waals surface area contributed by atoms with Crippen LogP contribution >= 0.6 is 0 Å². The summed E-state index contributed by atoms with van der Waals surface area (Å²) in [5, 5.41) is 2.94. The number of methoxy groups -OCH3 is 1. The van der Waals surface area contributed by atoms with Gasteiger partial charge in [-0.2, -0.15) is 0 Å². The molecule has 0 bridgehead atoms. The topological polar surface area (TPSA) is 41.6 Å².